The van der Waals surface area contributed by atoms with Gasteiger partial charge in [0.15, 0.2) is 0 Å². The van der Waals surface area contributed by atoms with E-state index < -0.39 is 5.97 Å². The molecule has 0 radical (unpaired) electrons. The van der Waals surface area contributed by atoms with Crippen LogP contribution in [0, 0.1) is 17.2 Å². The smallest absolute Gasteiger partial charge is 0.317 e. The van der Waals surface area contributed by atoms with Gasteiger partial charge in [-0.1, -0.05) is 13.8 Å². The number of nitriles is 1. The zero-order chi connectivity index (χ0) is 14.1. The second kappa shape index (κ2) is 8.48. The highest BCUT2D eigenvalue weighted by Crippen LogP contribution is 2.00. The van der Waals surface area contributed by atoms with Gasteiger partial charge in [-0.2, -0.15) is 5.26 Å². The van der Waals surface area contributed by atoms with E-state index in [1.54, 1.807) is 11.9 Å². The molecule has 0 spiro atoms. The molecule has 0 bridgehead atoms. The van der Waals surface area contributed by atoms with Crippen molar-refractivity contribution in [2.75, 3.05) is 33.2 Å². The Morgan fingerprint density at radius 1 is 1.33 bits per heavy atom. The van der Waals surface area contributed by atoms with Gasteiger partial charge in [0.05, 0.1) is 25.6 Å². The van der Waals surface area contributed by atoms with E-state index in [4.69, 9.17) is 10.4 Å². The highest BCUT2D eigenvalue weighted by atomic mass is 16.4. The number of aliphatic carboxylic acids is 1. The molecule has 0 aliphatic heterocycles. The topological polar surface area (TPSA) is 84.6 Å². The van der Waals surface area contributed by atoms with Crippen LogP contribution in [-0.2, 0) is 9.59 Å². The minimum Gasteiger partial charge on any atom is -0.480 e. The molecule has 0 fully saturated rings. The number of hydrogen-bond acceptors (Lipinski definition) is 4. The Bertz CT molecular complexity index is 323. The Balaban J connectivity index is 4.33. The summed E-state index contributed by atoms with van der Waals surface area (Å²) in [6.07, 6.45) is 0.283. The molecular formula is C12H21N3O3. The minimum atomic E-state index is -0.942. The molecule has 6 heteroatoms. The van der Waals surface area contributed by atoms with Crippen LogP contribution >= 0.6 is 0 Å². The molecule has 0 saturated heterocycles. The van der Waals surface area contributed by atoms with Crippen molar-refractivity contribution in [2.24, 2.45) is 5.92 Å². The lowest BCUT2D eigenvalue weighted by molar-refractivity contribution is -0.139. The van der Waals surface area contributed by atoms with E-state index in [1.165, 1.54) is 4.90 Å². The number of hydrogen-bond donors (Lipinski definition) is 1. The number of carboxylic acids is 1. The molecule has 0 aromatic carbocycles. The SMILES string of the molecule is CC(C)CN(CC(=O)O)CC(=O)N(C)CCC#N. The first-order chi connectivity index (χ1) is 8.36. The Morgan fingerprint density at radius 2 is 1.94 bits per heavy atom. The van der Waals surface area contributed by atoms with Crippen molar-refractivity contribution in [1.29, 1.82) is 5.26 Å². The van der Waals surface area contributed by atoms with Crippen LogP contribution in [0.5, 0.6) is 0 Å². The molecule has 0 aliphatic carbocycles. The van der Waals surface area contributed by atoms with Gasteiger partial charge in [0.1, 0.15) is 0 Å². The minimum absolute atomic E-state index is 0.0758. The Hall–Kier alpha value is -1.61. The number of rotatable bonds is 8. The highest BCUT2D eigenvalue weighted by Gasteiger charge is 2.17. The fourth-order valence-corrected chi connectivity index (χ4v) is 1.55. The van der Waals surface area contributed by atoms with Crippen LogP contribution in [0.15, 0.2) is 0 Å². The first kappa shape index (κ1) is 16.4. The zero-order valence-corrected chi connectivity index (χ0v) is 11.2. The standard InChI is InChI=1S/C12H21N3O3/c1-10(2)7-15(9-12(17)18)8-11(16)14(3)6-4-5-13/h10H,4,6-9H2,1-3H3,(H,17,18). The van der Waals surface area contributed by atoms with Gasteiger partial charge in [0.25, 0.3) is 0 Å². The van der Waals surface area contributed by atoms with Gasteiger partial charge in [-0.15, -0.1) is 0 Å². The van der Waals surface area contributed by atoms with E-state index in [9.17, 15) is 9.59 Å². The van der Waals surface area contributed by atoms with Crippen LogP contribution < -0.4 is 0 Å². The lowest BCUT2D eigenvalue weighted by atomic mass is 10.2. The summed E-state index contributed by atoms with van der Waals surface area (Å²) in [5.74, 6) is -0.808. The Kier molecular flexibility index (Phi) is 7.72. The van der Waals surface area contributed by atoms with Gasteiger partial charge in [-0.05, 0) is 5.92 Å². The summed E-state index contributed by atoms with van der Waals surface area (Å²) in [7, 11) is 1.62. The number of amides is 1. The maximum absolute atomic E-state index is 11.8. The maximum atomic E-state index is 11.8. The third-order valence-electron chi connectivity index (χ3n) is 2.33. The number of likely N-dealkylation sites (N-methyl/N-ethyl adjacent to an activating group) is 1. The predicted octanol–water partition coefficient (Wildman–Crippen LogP) is 0.401. The molecule has 0 aromatic rings. The summed E-state index contributed by atoms with van der Waals surface area (Å²) in [5.41, 5.74) is 0. The van der Waals surface area contributed by atoms with Crippen LogP contribution in [-0.4, -0.2) is 60.0 Å². The lowest BCUT2D eigenvalue weighted by Crippen LogP contribution is -2.42. The van der Waals surface area contributed by atoms with E-state index in [2.05, 4.69) is 0 Å². The summed E-state index contributed by atoms with van der Waals surface area (Å²) in [6, 6.07) is 1.97. The zero-order valence-electron chi connectivity index (χ0n) is 11.2. The van der Waals surface area contributed by atoms with Gasteiger partial charge < -0.3 is 10.0 Å². The Labute approximate surface area is 108 Å². The van der Waals surface area contributed by atoms with Crippen molar-refractivity contribution in [3.05, 3.63) is 0 Å². The fourth-order valence-electron chi connectivity index (χ4n) is 1.55. The molecule has 0 aliphatic rings. The maximum Gasteiger partial charge on any atom is 0.317 e. The van der Waals surface area contributed by atoms with E-state index >= 15 is 0 Å². The van der Waals surface area contributed by atoms with Gasteiger partial charge in [0, 0.05) is 20.1 Å². The van der Waals surface area contributed by atoms with Gasteiger partial charge in [-0.3, -0.25) is 14.5 Å². The second-order valence-electron chi connectivity index (χ2n) is 4.68. The van der Waals surface area contributed by atoms with Crippen molar-refractivity contribution in [3.8, 4) is 6.07 Å². The molecule has 102 valence electrons. The van der Waals surface area contributed by atoms with Gasteiger partial charge in [-0.25, -0.2) is 0 Å². The lowest BCUT2D eigenvalue weighted by Gasteiger charge is -2.24. The van der Waals surface area contributed by atoms with Crippen LogP contribution in [0.25, 0.3) is 0 Å². The van der Waals surface area contributed by atoms with E-state index in [1.807, 2.05) is 19.9 Å². The van der Waals surface area contributed by atoms with Crippen LogP contribution in [0.2, 0.25) is 0 Å². The van der Waals surface area contributed by atoms with Crippen LogP contribution in [0.4, 0.5) is 0 Å². The fraction of sp³-hybridized carbons (Fsp3) is 0.750. The average molecular weight is 255 g/mol. The highest BCUT2D eigenvalue weighted by molar-refractivity contribution is 5.79. The quantitative estimate of drug-likeness (QED) is 0.678. The third-order valence-corrected chi connectivity index (χ3v) is 2.33. The molecule has 0 atom stereocenters. The number of carbonyl (C=O) groups is 2. The molecule has 1 amide bonds. The second-order valence-corrected chi connectivity index (χ2v) is 4.68. The summed E-state index contributed by atoms with van der Waals surface area (Å²) < 4.78 is 0. The Morgan fingerprint density at radius 3 is 2.39 bits per heavy atom. The first-order valence-electron chi connectivity index (χ1n) is 5.91. The van der Waals surface area contributed by atoms with E-state index in [0.717, 1.165) is 0 Å². The molecule has 1 N–H and O–H groups in total. The predicted molar refractivity (Wildman–Crippen MR) is 66.8 cm³/mol. The normalized spacial score (nSPS) is 10.4. The van der Waals surface area contributed by atoms with Gasteiger partial charge in [0.2, 0.25) is 5.91 Å². The number of carbonyl (C=O) groups excluding carboxylic acids is 1. The molecule has 0 aromatic heterocycles. The summed E-state index contributed by atoms with van der Waals surface area (Å²) >= 11 is 0. The molecule has 0 unspecified atom stereocenters. The van der Waals surface area contributed by atoms with Crippen molar-refractivity contribution >= 4 is 11.9 Å². The molecule has 18 heavy (non-hydrogen) atoms. The summed E-state index contributed by atoms with van der Waals surface area (Å²) in [4.78, 5) is 25.6. The molecule has 0 rings (SSSR count). The molecule has 6 nitrogen and oxygen atoms in total. The third kappa shape index (κ3) is 7.63. The number of nitrogens with zero attached hydrogens (tertiary/aromatic N) is 3. The largest absolute Gasteiger partial charge is 0.480 e. The van der Waals surface area contributed by atoms with Crippen LogP contribution in [0.3, 0.4) is 0 Å². The van der Waals surface area contributed by atoms with Crippen molar-refractivity contribution in [1.82, 2.24) is 9.80 Å². The number of carboxylic acid groups (broad SMARTS) is 1. The van der Waals surface area contributed by atoms with Crippen molar-refractivity contribution < 1.29 is 14.7 Å². The molecule has 0 saturated carbocycles. The van der Waals surface area contributed by atoms with Gasteiger partial charge >= 0.3 is 5.97 Å². The monoisotopic (exact) mass is 255 g/mol. The van der Waals surface area contributed by atoms with E-state index in [0.29, 0.717) is 19.0 Å². The molecular weight excluding hydrogens is 234 g/mol. The van der Waals surface area contributed by atoms with Crippen LogP contribution in [0.1, 0.15) is 20.3 Å². The van der Waals surface area contributed by atoms with Crippen molar-refractivity contribution in [3.63, 3.8) is 0 Å². The molecule has 0 heterocycles. The summed E-state index contributed by atoms with van der Waals surface area (Å²) in [5, 5.41) is 17.2. The average Bonchev–Trinajstić information content (AvgIpc) is 2.23. The first-order valence-corrected chi connectivity index (χ1v) is 5.91. The van der Waals surface area contributed by atoms with E-state index in [-0.39, 0.29) is 25.4 Å². The summed E-state index contributed by atoms with van der Waals surface area (Å²) in [6.45, 7) is 4.81. The van der Waals surface area contributed by atoms with Crippen molar-refractivity contribution in [2.45, 2.75) is 20.3 Å².